The molecule has 2 N–H and O–H groups in total. The molecule has 9 heteroatoms. The number of non-ortho nitro benzene ring substituents is 1. The van der Waals surface area contributed by atoms with Crippen LogP contribution in [-0.4, -0.2) is 52.1 Å². The Balaban J connectivity index is 1.93. The standard InChI is InChI=1S/C18H21Br2N3O4/c1-21(10-12-8-15(23(26)27)3-4-17(12)24)5-6-22(2)11-13-7-14(19)9-16(20)18(13)25/h3-4,7-9,24-25H,5-6,10-11H2,1-2H3. The molecule has 0 radical (unpaired) electrons. The van der Waals surface area contributed by atoms with Gasteiger partial charge in [0.05, 0.1) is 9.40 Å². The Bertz CT molecular complexity index is 832. The van der Waals surface area contributed by atoms with Crippen LogP contribution in [0.4, 0.5) is 5.69 Å². The van der Waals surface area contributed by atoms with Crippen molar-refractivity contribution in [3.05, 3.63) is 60.5 Å². The van der Waals surface area contributed by atoms with E-state index in [2.05, 4.69) is 36.8 Å². The zero-order valence-electron chi connectivity index (χ0n) is 15.0. The third-order valence-corrected chi connectivity index (χ3v) is 5.19. The number of hydrogen-bond acceptors (Lipinski definition) is 6. The molecule has 0 aliphatic heterocycles. The van der Waals surface area contributed by atoms with Gasteiger partial charge in [-0.2, -0.15) is 0 Å². The van der Waals surface area contributed by atoms with Crippen LogP contribution >= 0.6 is 31.9 Å². The fraction of sp³-hybridized carbons (Fsp3) is 0.333. The maximum atomic E-state index is 10.9. The van der Waals surface area contributed by atoms with E-state index in [1.807, 2.05) is 25.1 Å². The number of likely N-dealkylation sites (N-methyl/N-ethyl adjacent to an activating group) is 2. The number of benzene rings is 2. The van der Waals surface area contributed by atoms with Crippen LogP contribution in [0.2, 0.25) is 0 Å². The number of hydrogen-bond donors (Lipinski definition) is 2. The van der Waals surface area contributed by atoms with E-state index in [0.29, 0.717) is 29.7 Å². The second-order valence-corrected chi connectivity index (χ2v) is 8.21. The van der Waals surface area contributed by atoms with Gasteiger partial charge in [0.15, 0.2) is 0 Å². The number of nitro groups is 1. The second-order valence-electron chi connectivity index (χ2n) is 6.44. The van der Waals surface area contributed by atoms with Crippen molar-refractivity contribution in [2.24, 2.45) is 0 Å². The fourth-order valence-electron chi connectivity index (χ4n) is 2.63. The Kier molecular flexibility index (Phi) is 7.60. The van der Waals surface area contributed by atoms with Crippen molar-refractivity contribution in [2.75, 3.05) is 27.2 Å². The fourth-order valence-corrected chi connectivity index (χ4v) is 3.95. The number of rotatable bonds is 8. The normalized spacial score (nSPS) is 11.3. The largest absolute Gasteiger partial charge is 0.508 e. The van der Waals surface area contributed by atoms with E-state index in [-0.39, 0.29) is 17.2 Å². The van der Waals surface area contributed by atoms with E-state index in [0.717, 1.165) is 16.6 Å². The first-order chi connectivity index (χ1) is 12.7. The molecule has 2 aromatic carbocycles. The molecule has 0 unspecified atom stereocenters. The van der Waals surface area contributed by atoms with Gasteiger partial charge in [0.2, 0.25) is 0 Å². The summed E-state index contributed by atoms with van der Waals surface area (Å²) in [7, 11) is 3.84. The average Bonchev–Trinajstić information content (AvgIpc) is 2.59. The summed E-state index contributed by atoms with van der Waals surface area (Å²) in [6.45, 7) is 2.37. The molecule has 2 aromatic rings. The van der Waals surface area contributed by atoms with Crippen LogP contribution in [0.5, 0.6) is 11.5 Å². The molecule has 146 valence electrons. The van der Waals surface area contributed by atoms with Crippen LogP contribution in [0.3, 0.4) is 0 Å². The van der Waals surface area contributed by atoms with Gasteiger partial charge in [-0.25, -0.2) is 0 Å². The van der Waals surface area contributed by atoms with Gasteiger partial charge in [0, 0.05) is 53.9 Å². The summed E-state index contributed by atoms with van der Waals surface area (Å²) in [5.41, 5.74) is 1.28. The lowest BCUT2D eigenvalue weighted by atomic mass is 10.1. The number of nitro benzene ring substituents is 1. The Morgan fingerprint density at radius 1 is 1.00 bits per heavy atom. The molecule has 0 amide bonds. The summed E-state index contributed by atoms with van der Waals surface area (Å²) in [6, 6.07) is 7.70. The van der Waals surface area contributed by atoms with Crippen LogP contribution < -0.4 is 0 Å². The summed E-state index contributed by atoms with van der Waals surface area (Å²) in [6.07, 6.45) is 0. The minimum absolute atomic E-state index is 0.0379. The molecule has 0 heterocycles. The number of phenols is 2. The van der Waals surface area contributed by atoms with Crippen LogP contribution in [0.1, 0.15) is 11.1 Å². The molecular formula is C18H21Br2N3O4. The average molecular weight is 503 g/mol. The monoisotopic (exact) mass is 501 g/mol. The quantitative estimate of drug-likeness (QED) is 0.417. The summed E-state index contributed by atoms with van der Waals surface area (Å²) in [5.74, 6) is 0.268. The summed E-state index contributed by atoms with van der Waals surface area (Å²) in [5, 5.41) is 31.0. The predicted molar refractivity (Wildman–Crippen MR) is 111 cm³/mol. The lowest BCUT2D eigenvalue weighted by Gasteiger charge is -2.23. The Hall–Kier alpha value is -1.68. The van der Waals surface area contributed by atoms with Gasteiger partial charge in [0.1, 0.15) is 11.5 Å². The van der Waals surface area contributed by atoms with Crippen LogP contribution in [-0.2, 0) is 13.1 Å². The van der Waals surface area contributed by atoms with E-state index in [4.69, 9.17) is 0 Å². The maximum absolute atomic E-state index is 10.9. The lowest BCUT2D eigenvalue weighted by molar-refractivity contribution is -0.385. The number of phenolic OH excluding ortho intramolecular Hbond substituents is 2. The maximum Gasteiger partial charge on any atom is 0.270 e. The van der Waals surface area contributed by atoms with Gasteiger partial charge in [-0.1, -0.05) is 15.9 Å². The van der Waals surface area contributed by atoms with E-state index >= 15 is 0 Å². The number of nitrogens with zero attached hydrogens (tertiary/aromatic N) is 3. The van der Waals surface area contributed by atoms with Crippen LogP contribution in [0.25, 0.3) is 0 Å². The summed E-state index contributed by atoms with van der Waals surface area (Å²) in [4.78, 5) is 14.5. The first kappa shape index (κ1) is 21.6. The molecular weight excluding hydrogens is 482 g/mol. The van der Waals surface area contributed by atoms with Crippen molar-refractivity contribution in [2.45, 2.75) is 13.1 Å². The van der Waals surface area contributed by atoms with Crippen molar-refractivity contribution in [1.82, 2.24) is 9.80 Å². The van der Waals surface area contributed by atoms with E-state index in [1.165, 1.54) is 18.2 Å². The third-order valence-electron chi connectivity index (χ3n) is 4.12. The molecule has 27 heavy (non-hydrogen) atoms. The molecule has 0 bridgehead atoms. The highest BCUT2D eigenvalue weighted by Gasteiger charge is 2.13. The highest BCUT2D eigenvalue weighted by Crippen LogP contribution is 2.32. The minimum Gasteiger partial charge on any atom is -0.508 e. The Morgan fingerprint density at radius 3 is 2.19 bits per heavy atom. The van der Waals surface area contributed by atoms with Crippen molar-refractivity contribution >= 4 is 37.5 Å². The smallest absolute Gasteiger partial charge is 0.270 e. The topological polar surface area (TPSA) is 90.1 Å². The summed E-state index contributed by atoms with van der Waals surface area (Å²) >= 11 is 6.75. The SMILES string of the molecule is CN(CCN(C)Cc1cc(Br)cc(Br)c1O)Cc1cc([N+](=O)[O-])ccc1O. The van der Waals surface area contributed by atoms with Crippen LogP contribution in [0, 0.1) is 10.1 Å². The predicted octanol–water partition coefficient (Wildman–Crippen LogP) is 4.09. The Labute approximate surface area is 174 Å². The van der Waals surface area contributed by atoms with Gasteiger partial charge < -0.3 is 20.0 Å². The van der Waals surface area contributed by atoms with E-state index in [9.17, 15) is 20.3 Å². The molecule has 0 spiro atoms. The van der Waals surface area contributed by atoms with Crippen molar-refractivity contribution in [3.8, 4) is 11.5 Å². The van der Waals surface area contributed by atoms with Crippen LogP contribution in [0.15, 0.2) is 39.3 Å². The van der Waals surface area contributed by atoms with E-state index in [1.54, 1.807) is 6.07 Å². The third kappa shape index (κ3) is 6.17. The molecule has 7 nitrogen and oxygen atoms in total. The highest BCUT2D eigenvalue weighted by atomic mass is 79.9. The van der Waals surface area contributed by atoms with Gasteiger partial charge in [-0.05, 0) is 48.2 Å². The van der Waals surface area contributed by atoms with Gasteiger partial charge in [-0.3, -0.25) is 10.1 Å². The Morgan fingerprint density at radius 2 is 1.59 bits per heavy atom. The minimum atomic E-state index is -0.473. The van der Waals surface area contributed by atoms with Crippen molar-refractivity contribution in [1.29, 1.82) is 0 Å². The first-order valence-electron chi connectivity index (χ1n) is 8.17. The zero-order valence-corrected chi connectivity index (χ0v) is 18.2. The van der Waals surface area contributed by atoms with Crippen molar-refractivity contribution < 1.29 is 15.1 Å². The van der Waals surface area contributed by atoms with Crippen molar-refractivity contribution in [3.63, 3.8) is 0 Å². The lowest BCUT2D eigenvalue weighted by Crippen LogP contribution is -2.30. The molecule has 0 atom stereocenters. The summed E-state index contributed by atoms with van der Waals surface area (Å²) < 4.78 is 1.52. The highest BCUT2D eigenvalue weighted by molar-refractivity contribution is 9.11. The zero-order chi connectivity index (χ0) is 20.1. The molecule has 0 aliphatic carbocycles. The first-order valence-corrected chi connectivity index (χ1v) is 9.76. The number of halogens is 2. The molecule has 0 saturated heterocycles. The van der Waals surface area contributed by atoms with Gasteiger partial charge in [0.25, 0.3) is 5.69 Å². The molecule has 0 saturated carbocycles. The molecule has 2 rings (SSSR count). The molecule has 0 fully saturated rings. The van der Waals surface area contributed by atoms with E-state index < -0.39 is 4.92 Å². The number of aromatic hydroxyl groups is 2. The van der Waals surface area contributed by atoms with Gasteiger partial charge in [-0.15, -0.1) is 0 Å². The van der Waals surface area contributed by atoms with Gasteiger partial charge >= 0.3 is 0 Å². The molecule has 0 aliphatic rings. The second kappa shape index (κ2) is 9.50. The molecule has 0 aromatic heterocycles.